The van der Waals surface area contributed by atoms with Crippen LogP contribution in [-0.2, 0) is 14.4 Å². The quantitative estimate of drug-likeness (QED) is 0.195. The maximum absolute atomic E-state index is 14.4. The fourth-order valence-corrected chi connectivity index (χ4v) is 7.33. The fourth-order valence-electron chi connectivity index (χ4n) is 7.33. The van der Waals surface area contributed by atoms with Crippen LogP contribution in [0, 0.1) is 23.1 Å². The van der Waals surface area contributed by atoms with Gasteiger partial charge in [-0.25, -0.2) is 19.0 Å². The second-order valence-electron chi connectivity index (χ2n) is 15.3. The predicted molar refractivity (Wildman–Crippen MR) is 202 cm³/mol. The third-order valence-corrected chi connectivity index (χ3v) is 9.83. The van der Waals surface area contributed by atoms with Crippen LogP contribution in [0.25, 0.3) is 0 Å². The van der Waals surface area contributed by atoms with Crippen LogP contribution < -0.4 is 15.4 Å². The van der Waals surface area contributed by atoms with Gasteiger partial charge >= 0.3 is 11.9 Å². The number of nitrogens with zero attached hydrogens (tertiary/aromatic N) is 7. The van der Waals surface area contributed by atoms with E-state index in [4.69, 9.17) is 20.7 Å². The lowest BCUT2D eigenvalue weighted by Crippen LogP contribution is -2.62. The van der Waals surface area contributed by atoms with Crippen LogP contribution in [0.5, 0.6) is 11.6 Å². The summed E-state index contributed by atoms with van der Waals surface area (Å²) in [7, 11) is 2.05. The summed E-state index contributed by atoms with van der Waals surface area (Å²) in [4.78, 5) is 57.4. The van der Waals surface area contributed by atoms with Crippen LogP contribution in [0.1, 0.15) is 78.1 Å². The van der Waals surface area contributed by atoms with Gasteiger partial charge in [0.1, 0.15) is 17.9 Å². The molecule has 0 saturated carbocycles. The van der Waals surface area contributed by atoms with E-state index in [0.717, 1.165) is 52.0 Å². The number of amides is 2. The molecule has 1 aromatic carbocycles. The van der Waals surface area contributed by atoms with Crippen molar-refractivity contribution in [3.63, 3.8) is 0 Å². The van der Waals surface area contributed by atoms with Crippen molar-refractivity contribution < 1.29 is 38.5 Å². The molecular formula is C38H57FN8O7. The number of hydrogen-bond acceptors (Lipinski definition) is 11. The summed E-state index contributed by atoms with van der Waals surface area (Å²) in [6.45, 7) is 19.5. The molecular weight excluding hydrogens is 699 g/mol. The van der Waals surface area contributed by atoms with Gasteiger partial charge in [0.2, 0.25) is 5.91 Å². The molecule has 3 heterocycles. The minimum absolute atomic E-state index is 0.0751. The molecule has 15 nitrogen and oxygen atoms in total. The Balaban J connectivity index is 0.000000879. The van der Waals surface area contributed by atoms with E-state index in [2.05, 4.69) is 50.8 Å². The van der Waals surface area contributed by atoms with Gasteiger partial charge in [0.25, 0.3) is 11.8 Å². The summed E-state index contributed by atoms with van der Waals surface area (Å²) in [5.74, 6) is -2.21. The number of carboxylic acids is 2. The van der Waals surface area contributed by atoms with E-state index >= 15 is 0 Å². The molecule has 0 unspecified atom stereocenters. The van der Waals surface area contributed by atoms with E-state index in [1.54, 1.807) is 4.90 Å². The highest BCUT2D eigenvalue weighted by Gasteiger charge is 2.50. The molecule has 2 fully saturated rings. The number of primary amides is 1. The molecule has 2 atom stereocenters. The number of halogens is 1. The number of carboxylic acid groups (broad SMARTS) is 2. The molecule has 298 valence electrons. The molecule has 2 amide bonds. The third kappa shape index (κ3) is 12.2. The zero-order chi connectivity index (χ0) is 40.3. The topological polar surface area (TPSA) is 196 Å². The van der Waals surface area contributed by atoms with Crippen molar-refractivity contribution in [1.29, 1.82) is 0 Å². The average molecular weight is 757 g/mol. The Labute approximate surface area is 317 Å². The van der Waals surface area contributed by atoms with Crippen molar-refractivity contribution >= 4 is 29.6 Å². The first kappa shape index (κ1) is 43.7. The Hall–Kier alpha value is -4.70. The number of aliphatic carboxylic acids is 2. The summed E-state index contributed by atoms with van der Waals surface area (Å²) in [5.41, 5.74) is 5.74. The standard InChI is InChI=1S/C34H53FN8O3.C4H4O4/c1-22(2)28(10-9-14-40(8)17-25(7)30(36)44)42-19-34(20-42)13-15-41(18-34)31-32(39-38-21-37-31)46-29-12-11-26(35)16-27(29)33(45)43(23(3)4)24(5)6;5-3(6)1-2-4(7)8/h11-12,16,21-25,28H,9-10,13-15,17-20H2,1-8H3,(H2,36,44);1-2H,(H,5,6)(H,7,8)/b;2-1+/t25-,28-;/m1./s1. The number of carbonyl (C=O) groups excluding carboxylic acids is 2. The zero-order valence-corrected chi connectivity index (χ0v) is 32.7. The molecule has 2 aromatic rings. The lowest BCUT2D eigenvalue weighted by atomic mass is 9.76. The lowest BCUT2D eigenvalue weighted by molar-refractivity contribution is -0.134. The van der Waals surface area contributed by atoms with E-state index in [0.29, 0.717) is 36.5 Å². The van der Waals surface area contributed by atoms with E-state index in [9.17, 15) is 23.6 Å². The average Bonchev–Trinajstić information content (AvgIpc) is 3.52. The zero-order valence-electron chi connectivity index (χ0n) is 32.7. The third-order valence-electron chi connectivity index (χ3n) is 9.83. The Morgan fingerprint density at radius 1 is 1.02 bits per heavy atom. The highest BCUT2D eigenvalue weighted by Crippen LogP contribution is 2.44. The van der Waals surface area contributed by atoms with E-state index in [-0.39, 0.29) is 52.4 Å². The number of hydrogen-bond donors (Lipinski definition) is 3. The Morgan fingerprint density at radius 3 is 2.20 bits per heavy atom. The van der Waals surface area contributed by atoms with Crippen molar-refractivity contribution in [2.45, 2.75) is 85.9 Å². The molecule has 16 heteroatoms. The van der Waals surface area contributed by atoms with Crippen LogP contribution in [0.2, 0.25) is 0 Å². The second-order valence-corrected chi connectivity index (χ2v) is 15.3. The minimum atomic E-state index is -1.26. The molecule has 0 aliphatic carbocycles. The smallest absolute Gasteiger partial charge is 0.328 e. The summed E-state index contributed by atoms with van der Waals surface area (Å²) in [6.07, 6.45) is 5.72. The number of ether oxygens (including phenoxy) is 1. The SMILES string of the molecule is CC(C)[C@@H](CCCN(C)C[C@@H](C)C(N)=O)N1CC2(CCN(c3ncnnc3Oc3ccc(F)cc3C(=O)N(C(C)C)C(C)C)C2)C1.O=C(O)/C=C/C(=O)O. The van der Waals surface area contributed by atoms with Gasteiger partial charge in [-0.3, -0.25) is 14.5 Å². The van der Waals surface area contributed by atoms with Gasteiger partial charge in [-0.15, -0.1) is 10.2 Å². The van der Waals surface area contributed by atoms with Crippen molar-refractivity contribution in [1.82, 2.24) is 29.9 Å². The van der Waals surface area contributed by atoms with Crippen LogP contribution in [0.15, 0.2) is 36.7 Å². The number of likely N-dealkylation sites (tertiary alicyclic amines) is 1. The monoisotopic (exact) mass is 756 g/mol. The molecule has 4 N–H and O–H groups in total. The van der Waals surface area contributed by atoms with Gasteiger partial charge < -0.3 is 35.4 Å². The number of rotatable bonds is 17. The molecule has 2 aliphatic heterocycles. The molecule has 0 bridgehead atoms. The highest BCUT2D eigenvalue weighted by molar-refractivity contribution is 5.97. The number of aromatic nitrogens is 3. The van der Waals surface area contributed by atoms with Crippen LogP contribution in [0.4, 0.5) is 10.2 Å². The lowest BCUT2D eigenvalue weighted by Gasteiger charge is -2.53. The van der Waals surface area contributed by atoms with Gasteiger partial charge in [-0.1, -0.05) is 20.8 Å². The highest BCUT2D eigenvalue weighted by atomic mass is 19.1. The molecule has 2 saturated heterocycles. The van der Waals surface area contributed by atoms with Crippen molar-refractivity contribution in [2.75, 3.05) is 51.2 Å². The molecule has 1 spiro atoms. The van der Waals surface area contributed by atoms with Crippen molar-refractivity contribution in [3.05, 3.63) is 48.1 Å². The normalized spacial score (nSPS) is 16.4. The van der Waals surface area contributed by atoms with Crippen LogP contribution in [0.3, 0.4) is 0 Å². The van der Waals surface area contributed by atoms with Gasteiger partial charge in [0, 0.05) is 74.3 Å². The number of carbonyl (C=O) groups is 4. The fraction of sp³-hybridized carbons (Fsp3) is 0.605. The summed E-state index contributed by atoms with van der Waals surface area (Å²) >= 11 is 0. The number of anilines is 1. The summed E-state index contributed by atoms with van der Waals surface area (Å²) in [5, 5.41) is 23.8. The van der Waals surface area contributed by atoms with Gasteiger partial charge in [0.15, 0.2) is 5.82 Å². The summed E-state index contributed by atoms with van der Waals surface area (Å²) in [6, 6.07) is 4.31. The van der Waals surface area contributed by atoms with Crippen LogP contribution >= 0.6 is 0 Å². The number of nitrogens with two attached hydrogens (primary N) is 1. The molecule has 54 heavy (non-hydrogen) atoms. The first-order valence-corrected chi connectivity index (χ1v) is 18.4. The van der Waals surface area contributed by atoms with E-state index in [1.165, 1.54) is 24.5 Å². The van der Waals surface area contributed by atoms with Crippen molar-refractivity contribution in [3.8, 4) is 11.6 Å². The van der Waals surface area contributed by atoms with E-state index < -0.39 is 17.8 Å². The van der Waals surface area contributed by atoms with Gasteiger partial charge in [0.05, 0.1) is 5.56 Å². The first-order valence-electron chi connectivity index (χ1n) is 18.4. The first-order chi connectivity index (χ1) is 25.3. The summed E-state index contributed by atoms with van der Waals surface area (Å²) < 4.78 is 20.6. The largest absolute Gasteiger partial charge is 0.478 e. The second kappa shape index (κ2) is 19.6. The van der Waals surface area contributed by atoms with Gasteiger partial charge in [-0.2, -0.15) is 0 Å². The molecule has 0 radical (unpaired) electrons. The maximum Gasteiger partial charge on any atom is 0.328 e. The van der Waals surface area contributed by atoms with Gasteiger partial charge in [-0.05, 0) is 84.7 Å². The minimum Gasteiger partial charge on any atom is -0.478 e. The van der Waals surface area contributed by atoms with E-state index in [1.807, 2.05) is 34.6 Å². The predicted octanol–water partition coefficient (Wildman–Crippen LogP) is 4.14. The van der Waals surface area contributed by atoms with Crippen molar-refractivity contribution in [2.24, 2.45) is 23.0 Å². The molecule has 2 aliphatic rings. The maximum atomic E-state index is 14.4. The molecule has 1 aromatic heterocycles. The van der Waals surface area contributed by atoms with Crippen LogP contribution in [-0.4, -0.2) is 128 Å². The number of benzene rings is 1. The Morgan fingerprint density at radius 2 is 1.65 bits per heavy atom. The Bertz CT molecular complexity index is 1610. The Kier molecular flexibility index (Phi) is 15.8. The molecule has 4 rings (SSSR count).